The average molecular weight is 291 g/mol. The number of aromatic nitrogens is 2. The lowest BCUT2D eigenvalue weighted by Crippen LogP contribution is -2.04. The molecular weight excluding hydrogens is 279 g/mol. The van der Waals surface area contributed by atoms with E-state index in [1.165, 1.54) is 6.07 Å². The van der Waals surface area contributed by atoms with Crippen LogP contribution in [0, 0.1) is 0 Å². The largest absolute Gasteiger partial charge is 0.416 e. The highest BCUT2D eigenvalue weighted by molar-refractivity contribution is 5.92. The van der Waals surface area contributed by atoms with E-state index >= 15 is 0 Å². The number of nitrogens with two attached hydrogens (primary N) is 1. The van der Waals surface area contributed by atoms with Crippen LogP contribution < -0.4 is 5.73 Å². The van der Waals surface area contributed by atoms with Crippen LogP contribution in [0.3, 0.4) is 0 Å². The zero-order chi connectivity index (χ0) is 15.0. The Morgan fingerprint density at radius 2 is 1.86 bits per heavy atom. The Labute approximate surface area is 118 Å². The van der Waals surface area contributed by atoms with E-state index in [-0.39, 0.29) is 6.54 Å². The third kappa shape index (κ3) is 2.50. The van der Waals surface area contributed by atoms with Gasteiger partial charge in [0.15, 0.2) is 0 Å². The summed E-state index contributed by atoms with van der Waals surface area (Å²) in [4.78, 5) is 7.38. The lowest BCUT2D eigenvalue weighted by molar-refractivity contribution is -0.137. The van der Waals surface area contributed by atoms with Crippen molar-refractivity contribution in [1.29, 1.82) is 0 Å². The number of H-pyrrole nitrogens is 1. The molecule has 108 valence electrons. The molecule has 0 bridgehead atoms. The predicted molar refractivity (Wildman–Crippen MR) is 74.4 cm³/mol. The molecule has 0 aliphatic carbocycles. The summed E-state index contributed by atoms with van der Waals surface area (Å²) in [6, 6.07) is 10.6. The minimum atomic E-state index is -4.36. The zero-order valence-electron chi connectivity index (χ0n) is 10.9. The number of halogens is 3. The molecule has 0 aliphatic rings. The second kappa shape index (κ2) is 4.89. The Kier molecular flexibility index (Phi) is 3.17. The van der Waals surface area contributed by atoms with Gasteiger partial charge in [-0.05, 0) is 23.8 Å². The number of hydrogen-bond acceptors (Lipinski definition) is 2. The number of para-hydroxylation sites is 1. The van der Waals surface area contributed by atoms with Crippen LogP contribution in [-0.4, -0.2) is 9.97 Å². The maximum Gasteiger partial charge on any atom is 0.416 e. The minimum absolute atomic E-state index is 0.247. The van der Waals surface area contributed by atoms with E-state index in [9.17, 15) is 13.2 Å². The van der Waals surface area contributed by atoms with Crippen LogP contribution in [0.5, 0.6) is 0 Å². The second-order valence-corrected chi connectivity index (χ2v) is 4.67. The van der Waals surface area contributed by atoms with Crippen LogP contribution in [0.2, 0.25) is 0 Å². The highest BCUT2D eigenvalue weighted by Gasteiger charge is 2.30. The van der Waals surface area contributed by atoms with Gasteiger partial charge in [-0.2, -0.15) is 13.2 Å². The summed E-state index contributed by atoms with van der Waals surface area (Å²) < 4.78 is 38.5. The van der Waals surface area contributed by atoms with Crippen molar-refractivity contribution in [3.05, 3.63) is 53.9 Å². The van der Waals surface area contributed by atoms with Gasteiger partial charge in [-0.3, -0.25) is 0 Å². The van der Waals surface area contributed by atoms with Gasteiger partial charge in [0.2, 0.25) is 0 Å². The molecule has 0 saturated heterocycles. The molecule has 0 unspecified atom stereocenters. The van der Waals surface area contributed by atoms with Crippen molar-refractivity contribution < 1.29 is 13.2 Å². The molecule has 0 spiro atoms. The number of imidazole rings is 1. The van der Waals surface area contributed by atoms with Crippen molar-refractivity contribution in [3.63, 3.8) is 0 Å². The fourth-order valence-electron chi connectivity index (χ4n) is 2.28. The van der Waals surface area contributed by atoms with Crippen LogP contribution in [0.4, 0.5) is 13.2 Å². The van der Waals surface area contributed by atoms with Gasteiger partial charge in [0.05, 0.1) is 23.1 Å². The fourth-order valence-corrected chi connectivity index (χ4v) is 2.28. The van der Waals surface area contributed by atoms with Gasteiger partial charge in [-0.25, -0.2) is 4.98 Å². The van der Waals surface area contributed by atoms with Gasteiger partial charge in [0.25, 0.3) is 0 Å². The van der Waals surface area contributed by atoms with E-state index in [0.29, 0.717) is 22.5 Å². The highest BCUT2D eigenvalue weighted by Crippen LogP contribution is 2.34. The predicted octanol–water partition coefficient (Wildman–Crippen LogP) is 3.71. The van der Waals surface area contributed by atoms with Crippen molar-refractivity contribution >= 4 is 11.0 Å². The first-order valence-corrected chi connectivity index (χ1v) is 6.34. The topological polar surface area (TPSA) is 54.7 Å². The molecule has 0 saturated carbocycles. The molecule has 0 amide bonds. The summed E-state index contributed by atoms with van der Waals surface area (Å²) >= 11 is 0. The van der Waals surface area contributed by atoms with Gasteiger partial charge >= 0.3 is 6.18 Å². The van der Waals surface area contributed by atoms with E-state index in [1.807, 2.05) is 6.07 Å². The number of hydrogen-bond donors (Lipinski definition) is 2. The molecule has 6 heteroatoms. The van der Waals surface area contributed by atoms with Crippen LogP contribution in [0.25, 0.3) is 22.2 Å². The Morgan fingerprint density at radius 3 is 2.57 bits per heavy atom. The van der Waals surface area contributed by atoms with Crippen LogP contribution in [0.1, 0.15) is 11.4 Å². The SMILES string of the molecule is NCc1nc2c(-c3cccc(C(F)(F)F)c3)cccc2[nH]1. The highest BCUT2D eigenvalue weighted by atomic mass is 19.4. The number of fused-ring (bicyclic) bond motifs is 1. The van der Waals surface area contributed by atoms with E-state index in [4.69, 9.17) is 5.73 Å². The van der Waals surface area contributed by atoms with Gasteiger partial charge in [-0.15, -0.1) is 0 Å². The summed E-state index contributed by atoms with van der Waals surface area (Å²) in [5, 5.41) is 0. The summed E-state index contributed by atoms with van der Waals surface area (Å²) in [5.74, 6) is 0.601. The Morgan fingerprint density at radius 1 is 1.10 bits per heavy atom. The molecule has 3 nitrogen and oxygen atoms in total. The number of rotatable bonds is 2. The van der Waals surface area contributed by atoms with E-state index in [2.05, 4.69) is 9.97 Å². The summed E-state index contributed by atoms with van der Waals surface area (Å²) in [6.45, 7) is 0.247. The van der Waals surface area contributed by atoms with Crippen molar-refractivity contribution in [2.45, 2.75) is 12.7 Å². The molecule has 3 aromatic rings. The van der Waals surface area contributed by atoms with Gasteiger partial charge in [-0.1, -0.05) is 24.3 Å². The maximum atomic E-state index is 12.8. The number of nitrogens with one attached hydrogen (secondary N) is 1. The lowest BCUT2D eigenvalue weighted by atomic mass is 10.0. The fraction of sp³-hybridized carbons (Fsp3) is 0.133. The first-order valence-electron chi connectivity index (χ1n) is 6.34. The van der Waals surface area contributed by atoms with Crippen molar-refractivity contribution in [3.8, 4) is 11.1 Å². The third-order valence-corrected chi connectivity index (χ3v) is 3.26. The van der Waals surface area contributed by atoms with Crippen LogP contribution in [-0.2, 0) is 12.7 Å². The summed E-state index contributed by atoms with van der Waals surface area (Å²) in [6.07, 6.45) is -4.36. The molecule has 3 N–H and O–H groups in total. The lowest BCUT2D eigenvalue weighted by Gasteiger charge is -2.09. The molecular formula is C15H12F3N3. The average Bonchev–Trinajstić information content (AvgIpc) is 2.89. The monoisotopic (exact) mass is 291 g/mol. The quantitative estimate of drug-likeness (QED) is 0.756. The Balaban J connectivity index is 2.18. The summed E-state index contributed by atoms with van der Waals surface area (Å²) in [5.41, 5.74) is 7.37. The number of alkyl halides is 3. The van der Waals surface area contributed by atoms with E-state index < -0.39 is 11.7 Å². The van der Waals surface area contributed by atoms with Crippen molar-refractivity contribution in [2.75, 3.05) is 0 Å². The zero-order valence-corrected chi connectivity index (χ0v) is 10.9. The first-order chi connectivity index (χ1) is 9.99. The molecule has 1 heterocycles. The standard InChI is InChI=1S/C15H12F3N3/c16-15(17,18)10-4-1-3-9(7-10)11-5-2-6-12-14(11)21-13(8-19)20-12/h1-7H,8,19H2,(H,20,21). The molecule has 2 aromatic carbocycles. The van der Waals surface area contributed by atoms with E-state index in [1.54, 1.807) is 18.2 Å². The van der Waals surface area contributed by atoms with Gasteiger partial charge in [0.1, 0.15) is 5.82 Å². The van der Waals surface area contributed by atoms with Gasteiger partial charge < -0.3 is 10.7 Å². The van der Waals surface area contributed by atoms with Crippen LogP contribution >= 0.6 is 0 Å². The molecule has 0 fully saturated rings. The minimum Gasteiger partial charge on any atom is -0.341 e. The van der Waals surface area contributed by atoms with E-state index in [0.717, 1.165) is 17.6 Å². The smallest absolute Gasteiger partial charge is 0.341 e. The maximum absolute atomic E-state index is 12.8. The van der Waals surface area contributed by atoms with Gasteiger partial charge in [0, 0.05) is 5.56 Å². The second-order valence-electron chi connectivity index (χ2n) is 4.67. The molecule has 0 radical (unpaired) electrons. The Hall–Kier alpha value is -2.34. The third-order valence-electron chi connectivity index (χ3n) is 3.26. The number of aromatic amines is 1. The molecule has 1 aromatic heterocycles. The first kappa shape index (κ1) is 13.6. The normalized spacial score (nSPS) is 12.0. The summed E-state index contributed by atoms with van der Waals surface area (Å²) in [7, 11) is 0. The van der Waals surface area contributed by atoms with Crippen LogP contribution in [0.15, 0.2) is 42.5 Å². The van der Waals surface area contributed by atoms with Crippen molar-refractivity contribution in [1.82, 2.24) is 9.97 Å². The number of benzene rings is 2. The molecule has 0 aliphatic heterocycles. The molecule has 3 rings (SSSR count). The number of nitrogens with zero attached hydrogens (tertiary/aromatic N) is 1. The molecule has 0 atom stereocenters. The Bertz CT molecular complexity index is 790. The molecule has 21 heavy (non-hydrogen) atoms. The van der Waals surface area contributed by atoms with Crippen molar-refractivity contribution in [2.24, 2.45) is 5.73 Å².